The Bertz CT molecular complexity index is 681. The first-order valence-electron chi connectivity index (χ1n) is 6.82. The van der Waals surface area contributed by atoms with Crippen LogP contribution in [0.3, 0.4) is 0 Å². The van der Waals surface area contributed by atoms with Crippen LogP contribution in [0.25, 0.3) is 11.2 Å². The Morgan fingerprint density at radius 1 is 1.36 bits per heavy atom. The van der Waals surface area contributed by atoms with E-state index in [-0.39, 0.29) is 27.4 Å². The molecule has 0 aromatic carbocycles. The van der Waals surface area contributed by atoms with Crippen molar-refractivity contribution in [1.82, 2.24) is 19.5 Å². The summed E-state index contributed by atoms with van der Waals surface area (Å²) in [5, 5.41) is 30.3. The molecule has 22 heavy (non-hydrogen) atoms. The Hall–Kier alpha value is -1.29. The van der Waals surface area contributed by atoms with Gasteiger partial charge in [-0.25, -0.2) is 0 Å². The standard InChI is InChI=1S/C12H17N5O4Se/c1-2-22-12-16-6-9(13)14-4-15-10(6)17(12)11-8(20)7(19)5(3-18)21-11/h4-5,7-8,11,18-20H,2-3H2,1H3,(H2,13,14,15)/t5-,7-,8-,11-/m1/s1. The van der Waals surface area contributed by atoms with Gasteiger partial charge in [-0.05, 0) is 0 Å². The number of aliphatic hydroxyl groups excluding tert-OH is 3. The molecule has 3 rings (SSSR count). The van der Waals surface area contributed by atoms with Crippen LogP contribution in [0.5, 0.6) is 0 Å². The number of rotatable bonds is 4. The Labute approximate surface area is 132 Å². The summed E-state index contributed by atoms with van der Waals surface area (Å²) in [7, 11) is 0. The SMILES string of the molecule is CC[Se]c1nc2c(N)ncnc2n1[C@@H]1O[C@H](CO)[C@@H](O)[C@H]1O. The maximum atomic E-state index is 10.2. The van der Waals surface area contributed by atoms with Crippen molar-refractivity contribution in [2.45, 2.75) is 36.8 Å². The van der Waals surface area contributed by atoms with Crippen molar-refractivity contribution in [2.75, 3.05) is 12.3 Å². The van der Waals surface area contributed by atoms with E-state index in [4.69, 9.17) is 10.5 Å². The van der Waals surface area contributed by atoms with Gasteiger partial charge in [-0.1, -0.05) is 0 Å². The van der Waals surface area contributed by atoms with Crippen molar-refractivity contribution < 1.29 is 20.1 Å². The fourth-order valence-corrected chi connectivity index (χ4v) is 4.02. The summed E-state index contributed by atoms with van der Waals surface area (Å²) in [4.78, 5) is 12.6. The van der Waals surface area contributed by atoms with Gasteiger partial charge in [0.2, 0.25) is 0 Å². The number of imidazole rings is 1. The van der Waals surface area contributed by atoms with Crippen LogP contribution in [-0.2, 0) is 4.74 Å². The van der Waals surface area contributed by atoms with E-state index in [1.165, 1.54) is 6.33 Å². The van der Waals surface area contributed by atoms with Gasteiger partial charge in [0.15, 0.2) is 0 Å². The Balaban J connectivity index is 2.13. The van der Waals surface area contributed by atoms with Crippen molar-refractivity contribution in [3.05, 3.63) is 6.33 Å². The molecule has 1 aliphatic rings. The molecule has 5 N–H and O–H groups in total. The second-order valence-corrected chi connectivity index (χ2v) is 7.44. The minimum absolute atomic E-state index is 0.0263. The Morgan fingerprint density at radius 3 is 2.77 bits per heavy atom. The molecule has 0 unspecified atom stereocenters. The molecule has 10 heteroatoms. The molecule has 0 saturated carbocycles. The van der Waals surface area contributed by atoms with Crippen LogP contribution in [0.15, 0.2) is 6.33 Å². The number of aliphatic hydroxyl groups is 3. The number of hydrogen-bond acceptors (Lipinski definition) is 8. The van der Waals surface area contributed by atoms with Gasteiger partial charge in [-0.15, -0.1) is 0 Å². The summed E-state index contributed by atoms with van der Waals surface area (Å²) in [6.07, 6.45) is -2.75. The van der Waals surface area contributed by atoms with Crippen LogP contribution < -0.4 is 10.5 Å². The third-order valence-electron chi connectivity index (χ3n) is 3.52. The topological polar surface area (TPSA) is 140 Å². The van der Waals surface area contributed by atoms with E-state index in [0.717, 1.165) is 5.32 Å². The quantitative estimate of drug-likeness (QED) is 0.442. The van der Waals surface area contributed by atoms with Crippen LogP contribution in [0.1, 0.15) is 13.2 Å². The predicted molar refractivity (Wildman–Crippen MR) is 78.6 cm³/mol. The van der Waals surface area contributed by atoms with E-state index < -0.39 is 24.5 Å². The molecule has 1 fully saturated rings. The maximum absolute atomic E-state index is 10.2. The molecule has 1 saturated heterocycles. The molecule has 3 heterocycles. The zero-order valence-electron chi connectivity index (χ0n) is 11.8. The van der Waals surface area contributed by atoms with Crippen molar-refractivity contribution in [3.8, 4) is 0 Å². The Morgan fingerprint density at radius 2 is 2.14 bits per heavy atom. The average molecular weight is 374 g/mol. The number of anilines is 1. The van der Waals surface area contributed by atoms with Gasteiger partial charge in [0, 0.05) is 0 Å². The number of nitrogens with two attached hydrogens (primary N) is 1. The Kier molecular flexibility index (Phi) is 4.31. The molecular weight excluding hydrogens is 357 g/mol. The van der Waals surface area contributed by atoms with E-state index in [2.05, 4.69) is 15.0 Å². The monoisotopic (exact) mass is 375 g/mol. The van der Waals surface area contributed by atoms with E-state index in [0.29, 0.717) is 15.9 Å². The van der Waals surface area contributed by atoms with Gasteiger partial charge >= 0.3 is 132 Å². The molecular formula is C12H17N5O4Se. The van der Waals surface area contributed by atoms with E-state index in [1.54, 1.807) is 4.57 Å². The molecule has 0 radical (unpaired) electrons. The van der Waals surface area contributed by atoms with Crippen molar-refractivity contribution in [3.63, 3.8) is 0 Å². The third-order valence-corrected chi connectivity index (χ3v) is 5.27. The van der Waals surface area contributed by atoms with Crippen LogP contribution in [0.2, 0.25) is 5.32 Å². The zero-order chi connectivity index (χ0) is 15.9. The number of nitrogens with zero attached hydrogens (tertiary/aromatic N) is 4. The van der Waals surface area contributed by atoms with E-state index in [9.17, 15) is 15.3 Å². The van der Waals surface area contributed by atoms with Gasteiger partial charge < -0.3 is 0 Å². The molecule has 0 spiro atoms. The first-order chi connectivity index (χ1) is 10.6. The fourth-order valence-electron chi connectivity index (χ4n) is 2.46. The van der Waals surface area contributed by atoms with Crippen LogP contribution in [0.4, 0.5) is 5.82 Å². The molecule has 120 valence electrons. The molecule has 1 aliphatic heterocycles. The number of nitrogen functional groups attached to an aromatic ring is 1. The normalized spacial score (nSPS) is 28.5. The first-order valence-corrected chi connectivity index (χ1v) is 8.88. The molecule has 2 aromatic rings. The van der Waals surface area contributed by atoms with Gasteiger partial charge in [-0.2, -0.15) is 0 Å². The summed E-state index contributed by atoms with van der Waals surface area (Å²) in [6, 6.07) is 0. The summed E-state index contributed by atoms with van der Waals surface area (Å²) in [5.74, 6) is 0.253. The third kappa shape index (κ3) is 2.37. The summed E-state index contributed by atoms with van der Waals surface area (Å²) >= 11 is 0.0263. The van der Waals surface area contributed by atoms with Crippen LogP contribution in [-0.4, -0.2) is 74.7 Å². The summed E-state index contributed by atoms with van der Waals surface area (Å²) < 4.78 is 7.95. The number of ether oxygens (including phenoxy) is 1. The summed E-state index contributed by atoms with van der Waals surface area (Å²) in [5.41, 5.74) is 6.74. The van der Waals surface area contributed by atoms with E-state index >= 15 is 0 Å². The molecule has 4 atom stereocenters. The molecule has 2 aromatic heterocycles. The van der Waals surface area contributed by atoms with Gasteiger partial charge in [0.25, 0.3) is 0 Å². The fraction of sp³-hybridized carbons (Fsp3) is 0.583. The van der Waals surface area contributed by atoms with E-state index in [1.807, 2.05) is 6.92 Å². The van der Waals surface area contributed by atoms with Crippen LogP contribution >= 0.6 is 0 Å². The average Bonchev–Trinajstić information content (AvgIpc) is 3.00. The molecule has 0 bridgehead atoms. The van der Waals surface area contributed by atoms with Gasteiger partial charge in [-0.3, -0.25) is 0 Å². The molecule has 9 nitrogen and oxygen atoms in total. The van der Waals surface area contributed by atoms with Gasteiger partial charge in [0.05, 0.1) is 0 Å². The first kappa shape index (κ1) is 15.6. The number of fused-ring (bicyclic) bond motifs is 1. The molecule has 0 aliphatic carbocycles. The summed E-state index contributed by atoms with van der Waals surface area (Å²) in [6.45, 7) is 1.64. The molecule has 0 amide bonds. The predicted octanol–water partition coefficient (Wildman–Crippen LogP) is -2.21. The minimum atomic E-state index is -1.18. The zero-order valence-corrected chi connectivity index (χ0v) is 13.5. The second-order valence-electron chi connectivity index (χ2n) is 4.86. The number of aromatic nitrogens is 4. The number of hydrogen-bond donors (Lipinski definition) is 4. The second kappa shape index (κ2) is 6.07. The van der Waals surface area contributed by atoms with Crippen molar-refractivity contribution in [2.24, 2.45) is 0 Å². The van der Waals surface area contributed by atoms with Crippen LogP contribution in [0, 0.1) is 0 Å². The van der Waals surface area contributed by atoms with Crippen molar-refractivity contribution in [1.29, 1.82) is 0 Å². The van der Waals surface area contributed by atoms with Gasteiger partial charge in [0.1, 0.15) is 0 Å². The van der Waals surface area contributed by atoms with Crippen molar-refractivity contribution >= 4 is 36.7 Å².